The highest BCUT2D eigenvalue weighted by Crippen LogP contribution is 2.39. The zero-order valence-corrected chi connectivity index (χ0v) is 10.4. The summed E-state index contributed by atoms with van der Waals surface area (Å²) in [5.41, 5.74) is 8.78. The first kappa shape index (κ1) is 11.2. The van der Waals surface area contributed by atoms with E-state index in [4.69, 9.17) is 5.73 Å². The van der Waals surface area contributed by atoms with E-state index in [1.54, 1.807) is 0 Å². The van der Waals surface area contributed by atoms with Gasteiger partial charge in [0.15, 0.2) is 0 Å². The maximum atomic E-state index is 5.81. The Labute approximate surface area is 104 Å². The number of hydrogen-bond donors (Lipinski definition) is 1. The van der Waals surface area contributed by atoms with E-state index in [9.17, 15) is 0 Å². The van der Waals surface area contributed by atoms with Crippen molar-refractivity contribution in [3.8, 4) is 0 Å². The first-order chi connectivity index (χ1) is 8.36. The van der Waals surface area contributed by atoms with Crippen molar-refractivity contribution in [1.82, 2.24) is 4.90 Å². The van der Waals surface area contributed by atoms with Crippen molar-refractivity contribution >= 4 is 0 Å². The minimum absolute atomic E-state index is 0.609. The van der Waals surface area contributed by atoms with E-state index in [0.717, 1.165) is 19.0 Å². The largest absolute Gasteiger partial charge is 0.329 e. The molecule has 1 aliphatic heterocycles. The van der Waals surface area contributed by atoms with Crippen LogP contribution < -0.4 is 5.73 Å². The van der Waals surface area contributed by atoms with Gasteiger partial charge in [0.1, 0.15) is 0 Å². The van der Waals surface area contributed by atoms with E-state index in [-0.39, 0.29) is 0 Å². The maximum Gasteiger partial charge on any atom is 0.0237 e. The zero-order chi connectivity index (χ0) is 11.7. The molecule has 92 valence electrons. The molecule has 2 N–H and O–H groups in total. The first-order valence-corrected chi connectivity index (χ1v) is 6.90. The minimum Gasteiger partial charge on any atom is -0.329 e. The highest BCUT2D eigenvalue weighted by Gasteiger charge is 2.24. The number of nitrogens with two attached hydrogens (primary N) is 1. The Morgan fingerprint density at radius 3 is 2.53 bits per heavy atom. The molecule has 1 aromatic rings. The van der Waals surface area contributed by atoms with Gasteiger partial charge in [-0.1, -0.05) is 24.3 Å². The predicted molar refractivity (Wildman–Crippen MR) is 70.9 cm³/mol. The lowest BCUT2D eigenvalue weighted by Gasteiger charge is -2.23. The molecule has 0 aromatic heterocycles. The average Bonchev–Trinajstić information content (AvgIpc) is 3.11. The summed E-state index contributed by atoms with van der Waals surface area (Å²) in [6.45, 7) is 3.10. The van der Waals surface area contributed by atoms with Crippen LogP contribution >= 0.6 is 0 Å². The SMILES string of the molecule is NCC1CCCN1Cc1ccc(C2CC2)cc1. The Kier molecular flexibility index (Phi) is 3.17. The molecule has 0 spiro atoms. The Morgan fingerprint density at radius 1 is 1.12 bits per heavy atom. The van der Waals surface area contributed by atoms with Crippen LogP contribution in [-0.2, 0) is 6.54 Å². The van der Waals surface area contributed by atoms with E-state index in [2.05, 4.69) is 29.2 Å². The van der Waals surface area contributed by atoms with Crippen LogP contribution in [0, 0.1) is 0 Å². The number of benzene rings is 1. The molecule has 1 saturated carbocycles. The summed E-state index contributed by atoms with van der Waals surface area (Å²) >= 11 is 0. The fraction of sp³-hybridized carbons (Fsp3) is 0.600. The molecule has 2 heteroatoms. The van der Waals surface area contributed by atoms with E-state index >= 15 is 0 Å². The molecule has 2 aliphatic rings. The van der Waals surface area contributed by atoms with Gasteiger partial charge in [-0.3, -0.25) is 4.90 Å². The van der Waals surface area contributed by atoms with E-state index in [1.807, 2.05) is 0 Å². The van der Waals surface area contributed by atoms with Gasteiger partial charge < -0.3 is 5.73 Å². The van der Waals surface area contributed by atoms with Crippen LogP contribution in [0.3, 0.4) is 0 Å². The van der Waals surface area contributed by atoms with Crippen molar-refractivity contribution < 1.29 is 0 Å². The maximum absolute atomic E-state index is 5.81. The van der Waals surface area contributed by atoms with Crippen molar-refractivity contribution in [3.63, 3.8) is 0 Å². The van der Waals surface area contributed by atoms with Crippen LogP contribution in [0.4, 0.5) is 0 Å². The lowest BCUT2D eigenvalue weighted by Crippen LogP contribution is -2.34. The molecule has 1 unspecified atom stereocenters. The molecule has 1 saturated heterocycles. The molecule has 17 heavy (non-hydrogen) atoms. The standard InChI is InChI=1S/C15H22N2/c16-10-15-2-1-9-17(15)11-12-3-5-13(6-4-12)14-7-8-14/h3-6,14-15H,1-2,7-11,16H2. The van der Waals surface area contributed by atoms with Crippen molar-refractivity contribution in [3.05, 3.63) is 35.4 Å². The molecule has 2 nitrogen and oxygen atoms in total. The minimum atomic E-state index is 0.609. The van der Waals surface area contributed by atoms with Crippen LogP contribution in [0.1, 0.15) is 42.7 Å². The fourth-order valence-corrected chi connectivity index (χ4v) is 2.92. The van der Waals surface area contributed by atoms with Gasteiger partial charge in [0.25, 0.3) is 0 Å². The third-order valence-electron chi connectivity index (χ3n) is 4.19. The van der Waals surface area contributed by atoms with E-state index < -0.39 is 0 Å². The van der Waals surface area contributed by atoms with Gasteiger partial charge in [0.2, 0.25) is 0 Å². The highest BCUT2D eigenvalue weighted by molar-refractivity contribution is 5.28. The second kappa shape index (κ2) is 4.79. The van der Waals surface area contributed by atoms with Crippen LogP contribution in [0.25, 0.3) is 0 Å². The quantitative estimate of drug-likeness (QED) is 0.861. The second-order valence-corrected chi connectivity index (χ2v) is 5.52. The molecule has 0 amide bonds. The van der Waals surface area contributed by atoms with Crippen molar-refractivity contribution in [2.75, 3.05) is 13.1 Å². The van der Waals surface area contributed by atoms with Crippen molar-refractivity contribution in [2.45, 2.75) is 44.2 Å². The topological polar surface area (TPSA) is 29.3 Å². The molecule has 2 fully saturated rings. The Bertz CT molecular complexity index is 367. The smallest absolute Gasteiger partial charge is 0.0237 e. The predicted octanol–water partition coefficient (Wildman–Crippen LogP) is 2.49. The van der Waals surface area contributed by atoms with Gasteiger partial charge in [-0.05, 0) is 49.3 Å². The van der Waals surface area contributed by atoms with Crippen LogP contribution in [0.15, 0.2) is 24.3 Å². The summed E-state index contributed by atoms with van der Waals surface area (Å²) in [4.78, 5) is 2.53. The van der Waals surface area contributed by atoms with Crippen LogP contribution in [0.5, 0.6) is 0 Å². The normalized spacial score (nSPS) is 25.4. The summed E-state index contributed by atoms with van der Waals surface area (Å²) in [6.07, 6.45) is 5.36. The van der Waals surface area contributed by atoms with Gasteiger partial charge in [-0.25, -0.2) is 0 Å². The third kappa shape index (κ3) is 2.53. The summed E-state index contributed by atoms with van der Waals surface area (Å²) in [6, 6.07) is 9.86. The molecular formula is C15H22N2. The molecule has 1 aromatic carbocycles. The number of hydrogen-bond acceptors (Lipinski definition) is 2. The summed E-state index contributed by atoms with van der Waals surface area (Å²) < 4.78 is 0. The Balaban J connectivity index is 1.63. The molecular weight excluding hydrogens is 208 g/mol. The van der Waals surface area contributed by atoms with Gasteiger partial charge in [0, 0.05) is 19.1 Å². The summed E-state index contributed by atoms with van der Waals surface area (Å²) in [5, 5.41) is 0. The lowest BCUT2D eigenvalue weighted by atomic mass is 10.1. The third-order valence-corrected chi connectivity index (χ3v) is 4.19. The van der Waals surface area contributed by atoms with Gasteiger partial charge in [-0.2, -0.15) is 0 Å². The molecule has 1 heterocycles. The monoisotopic (exact) mass is 230 g/mol. The van der Waals surface area contributed by atoms with Gasteiger partial charge >= 0.3 is 0 Å². The van der Waals surface area contributed by atoms with Crippen LogP contribution in [-0.4, -0.2) is 24.0 Å². The van der Waals surface area contributed by atoms with Crippen molar-refractivity contribution in [1.29, 1.82) is 0 Å². The van der Waals surface area contributed by atoms with Crippen molar-refractivity contribution in [2.24, 2.45) is 5.73 Å². The van der Waals surface area contributed by atoms with Crippen LogP contribution in [0.2, 0.25) is 0 Å². The Morgan fingerprint density at radius 2 is 1.88 bits per heavy atom. The molecule has 1 aliphatic carbocycles. The second-order valence-electron chi connectivity index (χ2n) is 5.52. The summed E-state index contributed by atoms with van der Waals surface area (Å²) in [5.74, 6) is 0.868. The highest BCUT2D eigenvalue weighted by atomic mass is 15.2. The molecule has 3 rings (SSSR count). The van der Waals surface area contributed by atoms with E-state index in [0.29, 0.717) is 6.04 Å². The van der Waals surface area contributed by atoms with E-state index in [1.165, 1.54) is 43.4 Å². The molecule has 0 radical (unpaired) electrons. The number of nitrogens with zero attached hydrogens (tertiary/aromatic N) is 1. The average molecular weight is 230 g/mol. The van der Waals surface area contributed by atoms with Gasteiger partial charge in [-0.15, -0.1) is 0 Å². The zero-order valence-electron chi connectivity index (χ0n) is 10.4. The molecule has 1 atom stereocenters. The number of rotatable bonds is 4. The first-order valence-electron chi connectivity index (χ1n) is 6.90. The summed E-state index contributed by atoms with van der Waals surface area (Å²) in [7, 11) is 0. The van der Waals surface area contributed by atoms with Gasteiger partial charge in [0.05, 0.1) is 0 Å². The fourth-order valence-electron chi connectivity index (χ4n) is 2.92. The number of likely N-dealkylation sites (tertiary alicyclic amines) is 1. The Hall–Kier alpha value is -0.860. The molecule has 0 bridgehead atoms. The lowest BCUT2D eigenvalue weighted by molar-refractivity contribution is 0.250.